The topological polar surface area (TPSA) is 67.0 Å². The lowest BCUT2D eigenvalue weighted by molar-refractivity contribution is 0.229. The normalized spacial score (nSPS) is 16.6. The average molecular weight is 307 g/mol. The van der Waals surface area contributed by atoms with Crippen molar-refractivity contribution in [1.82, 2.24) is 9.97 Å². The van der Waals surface area contributed by atoms with E-state index in [1.807, 2.05) is 36.4 Å². The van der Waals surface area contributed by atoms with Crippen molar-refractivity contribution in [2.75, 3.05) is 18.5 Å². The van der Waals surface area contributed by atoms with Gasteiger partial charge in [-0.05, 0) is 30.2 Å². The summed E-state index contributed by atoms with van der Waals surface area (Å²) in [4.78, 5) is 19.3. The predicted octanol–water partition coefficient (Wildman–Crippen LogP) is 2.59. The van der Waals surface area contributed by atoms with Crippen LogP contribution in [0, 0.1) is 5.92 Å². The van der Waals surface area contributed by atoms with Crippen molar-refractivity contribution in [3.63, 3.8) is 0 Å². The molecule has 116 valence electrons. The Kier molecular flexibility index (Phi) is 3.46. The van der Waals surface area contributed by atoms with Crippen LogP contribution in [-0.2, 0) is 6.42 Å². The summed E-state index contributed by atoms with van der Waals surface area (Å²) < 4.78 is 5.79. The first-order valence-corrected chi connectivity index (χ1v) is 7.73. The lowest BCUT2D eigenvalue weighted by Gasteiger charge is -2.25. The monoisotopic (exact) mass is 307 g/mol. The molecule has 0 saturated heterocycles. The van der Waals surface area contributed by atoms with Crippen LogP contribution in [0.4, 0.5) is 5.95 Å². The molecule has 4 rings (SSSR count). The number of hydrogen-bond donors (Lipinski definition) is 2. The van der Waals surface area contributed by atoms with Gasteiger partial charge in [0.2, 0.25) is 5.95 Å². The van der Waals surface area contributed by atoms with E-state index in [1.165, 1.54) is 5.56 Å². The molecule has 0 fully saturated rings. The molecule has 5 nitrogen and oxygen atoms in total. The van der Waals surface area contributed by atoms with E-state index >= 15 is 0 Å². The molecule has 2 N–H and O–H groups in total. The number of nitrogens with one attached hydrogen (secondary N) is 2. The highest BCUT2D eigenvalue weighted by molar-refractivity contribution is 5.78. The first-order valence-electron chi connectivity index (χ1n) is 7.73. The van der Waals surface area contributed by atoms with Gasteiger partial charge in [0.1, 0.15) is 5.75 Å². The highest BCUT2D eigenvalue weighted by Crippen LogP contribution is 2.26. The van der Waals surface area contributed by atoms with Crippen molar-refractivity contribution in [3.05, 3.63) is 64.4 Å². The molecule has 0 saturated carbocycles. The van der Waals surface area contributed by atoms with Gasteiger partial charge in [0.05, 0.1) is 17.5 Å². The van der Waals surface area contributed by atoms with Gasteiger partial charge >= 0.3 is 0 Å². The lowest BCUT2D eigenvalue weighted by Crippen LogP contribution is -2.28. The van der Waals surface area contributed by atoms with Crippen LogP contribution in [0.1, 0.15) is 5.56 Å². The molecular formula is C18H17N3O2. The molecular weight excluding hydrogens is 290 g/mol. The van der Waals surface area contributed by atoms with Gasteiger partial charge in [-0.25, -0.2) is 4.98 Å². The Labute approximate surface area is 133 Å². The Balaban J connectivity index is 1.49. The minimum atomic E-state index is -0.122. The van der Waals surface area contributed by atoms with Gasteiger partial charge in [-0.1, -0.05) is 30.3 Å². The van der Waals surface area contributed by atoms with E-state index in [1.54, 1.807) is 6.07 Å². The van der Waals surface area contributed by atoms with Crippen LogP contribution >= 0.6 is 0 Å². The number of para-hydroxylation sites is 2. The number of hydrogen-bond acceptors (Lipinski definition) is 4. The Bertz CT molecular complexity index is 904. The van der Waals surface area contributed by atoms with Gasteiger partial charge in [-0.3, -0.25) is 9.78 Å². The fourth-order valence-electron chi connectivity index (χ4n) is 2.93. The predicted molar refractivity (Wildman–Crippen MR) is 90.0 cm³/mol. The zero-order chi connectivity index (χ0) is 15.6. The summed E-state index contributed by atoms with van der Waals surface area (Å²) >= 11 is 0. The number of ether oxygens (including phenoxy) is 1. The maximum atomic E-state index is 12.1. The first kappa shape index (κ1) is 13.8. The third-order valence-corrected chi connectivity index (χ3v) is 4.13. The molecule has 0 bridgehead atoms. The van der Waals surface area contributed by atoms with Gasteiger partial charge < -0.3 is 10.1 Å². The fraction of sp³-hybridized carbons (Fsp3) is 0.222. The van der Waals surface area contributed by atoms with Crippen molar-refractivity contribution in [3.8, 4) is 5.75 Å². The van der Waals surface area contributed by atoms with Crippen molar-refractivity contribution in [1.29, 1.82) is 0 Å². The molecule has 3 aromatic rings. The third kappa shape index (κ3) is 2.77. The van der Waals surface area contributed by atoms with Gasteiger partial charge in [0.25, 0.3) is 5.56 Å². The molecule has 0 spiro atoms. The van der Waals surface area contributed by atoms with Crippen LogP contribution < -0.4 is 15.6 Å². The number of aromatic amines is 1. The zero-order valence-corrected chi connectivity index (χ0v) is 12.6. The second-order valence-corrected chi connectivity index (χ2v) is 5.80. The first-order chi connectivity index (χ1) is 11.3. The summed E-state index contributed by atoms with van der Waals surface area (Å²) in [7, 11) is 0. The molecule has 2 heterocycles. The number of aromatic nitrogens is 2. The van der Waals surface area contributed by atoms with Crippen molar-refractivity contribution in [2.45, 2.75) is 6.42 Å². The lowest BCUT2D eigenvalue weighted by atomic mass is 9.97. The molecule has 0 aliphatic carbocycles. The van der Waals surface area contributed by atoms with E-state index in [4.69, 9.17) is 4.74 Å². The fourth-order valence-corrected chi connectivity index (χ4v) is 2.93. The molecule has 5 heteroatoms. The highest BCUT2D eigenvalue weighted by atomic mass is 16.5. The van der Waals surface area contributed by atoms with Crippen LogP contribution in [0.5, 0.6) is 5.75 Å². The number of rotatable bonds is 3. The number of anilines is 1. The molecule has 1 atom stereocenters. The van der Waals surface area contributed by atoms with Crippen molar-refractivity contribution < 1.29 is 4.74 Å². The SMILES string of the molecule is O=c1[nH]c(NCC2COc3ccccc3C2)nc2ccccc12. The number of fused-ring (bicyclic) bond motifs is 2. The number of H-pyrrole nitrogens is 1. The Hall–Kier alpha value is -2.82. The average Bonchev–Trinajstić information content (AvgIpc) is 2.60. The summed E-state index contributed by atoms with van der Waals surface area (Å²) in [6.07, 6.45) is 0.959. The molecule has 23 heavy (non-hydrogen) atoms. The molecule has 1 aliphatic rings. The summed E-state index contributed by atoms with van der Waals surface area (Å²) in [6, 6.07) is 15.4. The molecule has 0 radical (unpaired) electrons. The maximum absolute atomic E-state index is 12.1. The van der Waals surface area contributed by atoms with Crippen LogP contribution in [0.15, 0.2) is 53.3 Å². The smallest absolute Gasteiger partial charge is 0.260 e. The summed E-state index contributed by atoms with van der Waals surface area (Å²) in [5.74, 6) is 1.83. The minimum absolute atomic E-state index is 0.122. The molecule has 1 aromatic heterocycles. The minimum Gasteiger partial charge on any atom is -0.493 e. The largest absolute Gasteiger partial charge is 0.493 e. The second kappa shape index (κ2) is 5.76. The molecule has 2 aromatic carbocycles. The van der Waals surface area contributed by atoms with Crippen molar-refractivity contribution >= 4 is 16.9 Å². The summed E-state index contributed by atoms with van der Waals surface area (Å²) in [6.45, 7) is 1.37. The third-order valence-electron chi connectivity index (χ3n) is 4.13. The molecule has 1 aliphatic heterocycles. The van der Waals surface area contributed by atoms with E-state index in [-0.39, 0.29) is 5.56 Å². The van der Waals surface area contributed by atoms with E-state index in [0.717, 1.165) is 12.2 Å². The Morgan fingerprint density at radius 2 is 2.00 bits per heavy atom. The number of nitrogens with zero attached hydrogens (tertiary/aromatic N) is 1. The quantitative estimate of drug-likeness (QED) is 0.780. The van der Waals surface area contributed by atoms with Crippen LogP contribution in [0.2, 0.25) is 0 Å². The summed E-state index contributed by atoms with van der Waals surface area (Å²) in [5.41, 5.74) is 1.80. The number of benzene rings is 2. The Morgan fingerprint density at radius 3 is 2.96 bits per heavy atom. The Morgan fingerprint density at radius 1 is 1.17 bits per heavy atom. The van der Waals surface area contributed by atoms with Gasteiger partial charge in [0, 0.05) is 12.5 Å². The van der Waals surface area contributed by atoms with E-state index in [9.17, 15) is 4.79 Å². The van der Waals surface area contributed by atoms with Crippen LogP contribution in [-0.4, -0.2) is 23.1 Å². The van der Waals surface area contributed by atoms with Gasteiger partial charge in [-0.15, -0.1) is 0 Å². The van der Waals surface area contributed by atoms with Gasteiger partial charge in [-0.2, -0.15) is 0 Å². The van der Waals surface area contributed by atoms with Gasteiger partial charge in [0.15, 0.2) is 0 Å². The second-order valence-electron chi connectivity index (χ2n) is 5.80. The highest BCUT2D eigenvalue weighted by Gasteiger charge is 2.19. The molecule has 0 amide bonds. The van der Waals surface area contributed by atoms with E-state index in [2.05, 4.69) is 21.4 Å². The standard InChI is InChI=1S/C18H17N3O2/c22-17-14-6-2-3-7-15(14)20-18(21-17)19-10-12-9-13-5-1-4-8-16(13)23-11-12/h1-8,12H,9-11H2,(H2,19,20,21,22). The van der Waals surface area contributed by atoms with Crippen molar-refractivity contribution in [2.24, 2.45) is 5.92 Å². The van der Waals surface area contributed by atoms with Crippen LogP contribution in [0.3, 0.4) is 0 Å². The maximum Gasteiger partial charge on any atom is 0.260 e. The van der Waals surface area contributed by atoms with Crippen LogP contribution in [0.25, 0.3) is 10.9 Å². The van der Waals surface area contributed by atoms with E-state index < -0.39 is 0 Å². The zero-order valence-electron chi connectivity index (χ0n) is 12.6. The molecule has 1 unspecified atom stereocenters. The van der Waals surface area contributed by atoms with E-state index in [0.29, 0.717) is 35.9 Å². The summed E-state index contributed by atoms with van der Waals surface area (Å²) in [5, 5.41) is 3.84.